The molecule has 0 bridgehead atoms. The van der Waals surface area contributed by atoms with Crippen molar-refractivity contribution in [3.05, 3.63) is 24.3 Å². The van der Waals surface area contributed by atoms with Crippen molar-refractivity contribution in [1.29, 1.82) is 0 Å². The Bertz CT molecular complexity index is 282. The van der Waals surface area contributed by atoms with Crippen molar-refractivity contribution in [2.45, 2.75) is 38.6 Å². The highest BCUT2D eigenvalue weighted by Gasteiger charge is 2.28. The minimum absolute atomic E-state index is 0.446. The zero-order valence-corrected chi connectivity index (χ0v) is 9.32. The first-order valence-corrected chi connectivity index (χ1v) is 5.91. The highest BCUT2D eigenvalue weighted by atomic mass is 15.0. The van der Waals surface area contributed by atoms with E-state index in [0.29, 0.717) is 6.04 Å². The molecule has 1 aromatic heterocycles. The SMILES string of the molecule is CCCNC(c1ccncn1)C1CCC1. The van der Waals surface area contributed by atoms with Crippen LogP contribution in [0.15, 0.2) is 18.6 Å². The van der Waals surface area contributed by atoms with E-state index in [-0.39, 0.29) is 0 Å². The number of aromatic nitrogens is 2. The van der Waals surface area contributed by atoms with Gasteiger partial charge in [0.25, 0.3) is 0 Å². The monoisotopic (exact) mass is 205 g/mol. The van der Waals surface area contributed by atoms with Gasteiger partial charge in [0.05, 0.1) is 11.7 Å². The summed E-state index contributed by atoms with van der Waals surface area (Å²) in [5.74, 6) is 0.784. The Morgan fingerprint density at radius 3 is 2.93 bits per heavy atom. The molecule has 1 aromatic rings. The normalized spacial score (nSPS) is 18.5. The van der Waals surface area contributed by atoms with Crippen molar-refractivity contribution in [1.82, 2.24) is 15.3 Å². The van der Waals surface area contributed by atoms with Crippen LogP contribution in [0.1, 0.15) is 44.3 Å². The van der Waals surface area contributed by atoms with Gasteiger partial charge in [-0.05, 0) is 37.8 Å². The van der Waals surface area contributed by atoms with Crippen LogP contribution in [-0.2, 0) is 0 Å². The van der Waals surface area contributed by atoms with Gasteiger partial charge in [-0.3, -0.25) is 0 Å². The lowest BCUT2D eigenvalue weighted by Gasteiger charge is -2.34. The fourth-order valence-corrected chi connectivity index (χ4v) is 2.07. The van der Waals surface area contributed by atoms with Crippen LogP contribution in [-0.4, -0.2) is 16.5 Å². The Balaban J connectivity index is 2.04. The fraction of sp³-hybridized carbons (Fsp3) is 0.667. The first-order valence-electron chi connectivity index (χ1n) is 5.91. The van der Waals surface area contributed by atoms with Crippen LogP contribution >= 0.6 is 0 Å². The molecule has 1 aliphatic carbocycles. The zero-order valence-electron chi connectivity index (χ0n) is 9.32. The molecule has 1 unspecified atom stereocenters. The number of rotatable bonds is 5. The van der Waals surface area contributed by atoms with Crippen LogP contribution in [0, 0.1) is 5.92 Å². The molecule has 0 spiro atoms. The molecule has 0 aliphatic heterocycles. The Hall–Kier alpha value is -0.960. The number of hydrogen-bond acceptors (Lipinski definition) is 3. The van der Waals surface area contributed by atoms with Crippen LogP contribution in [0.2, 0.25) is 0 Å². The summed E-state index contributed by atoms with van der Waals surface area (Å²) in [7, 11) is 0. The smallest absolute Gasteiger partial charge is 0.115 e. The molecule has 3 heteroatoms. The van der Waals surface area contributed by atoms with Gasteiger partial charge in [-0.2, -0.15) is 0 Å². The number of hydrogen-bond donors (Lipinski definition) is 1. The van der Waals surface area contributed by atoms with Gasteiger partial charge in [-0.15, -0.1) is 0 Å². The topological polar surface area (TPSA) is 37.8 Å². The van der Waals surface area contributed by atoms with Crippen LogP contribution in [0.25, 0.3) is 0 Å². The summed E-state index contributed by atoms with van der Waals surface area (Å²) in [6.07, 6.45) is 8.71. The summed E-state index contributed by atoms with van der Waals surface area (Å²) in [6, 6.07) is 2.48. The molecule has 0 radical (unpaired) electrons. The lowest BCUT2D eigenvalue weighted by atomic mass is 9.78. The molecule has 0 saturated heterocycles. The molecular weight excluding hydrogens is 186 g/mol. The summed E-state index contributed by atoms with van der Waals surface area (Å²) in [5.41, 5.74) is 1.16. The van der Waals surface area contributed by atoms with Crippen molar-refractivity contribution >= 4 is 0 Å². The molecule has 2 rings (SSSR count). The summed E-state index contributed by atoms with van der Waals surface area (Å²) in [5, 5.41) is 3.60. The molecule has 1 heterocycles. The van der Waals surface area contributed by atoms with Crippen molar-refractivity contribution < 1.29 is 0 Å². The van der Waals surface area contributed by atoms with Gasteiger partial charge in [-0.25, -0.2) is 9.97 Å². The Morgan fingerprint density at radius 1 is 1.53 bits per heavy atom. The molecule has 82 valence electrons. The van der Waals surface area contributed by atoms with Crippen LogP contribution < -0.4 is 5.32 Å². The lowest BCUT2D eigenvalue weighted by molar-refractivity contribution is 0.227. The van der Waals surface area contributed by atoms with Crippen molar-refractivity contribution in [2.24, 2.45) is 5.92 Å². The molecule has 1 aliphatic rings. The lowest BCUT2D eigenvalue weighted by Crippen LogP contribution is -2.33. The average Bonchev–Trinajstić information content (AvgIpc) is 2.22. The van der Waals surface area contributed by atoms with Crippen LogP contribution in [0.3, 0.4) is 0 Å². The Morgan fingerprint density at radius 2 is 2.40 bits per heavy atom. The molecule has 1 saturated carbocycles. The third-order valence-electron chi connectivity index (χ3n) is 3.16. The Kier molecular flexibility index (Phi) is 3.67. The van der Waals surface area contributed by atoms with E-state index in [9.17, 15) is 0 Å². The molecule has 1 fully saturated rings. The molecule has 3 nitrogen and oxygen atoms in total. The van der Waals surface area contributed by atoms with Crippen molar-refractivity contribution in [3.8, 4) is 0 Å². The average molecular weight is 205 g/mol. The van der Waals surface area contributed by atoms with Crippen LogP contribution in [0.4, 0.5) is 0 Å². The van der Waals surface area contributed by atoms with Gasteiger partial charge in [0.2, 0.25) is 0 Å². The summed E-state index contributed by atoms with van der Waals surface area (Å²) in [6.45, 7) is 3.27. The minimum atomic E-state index is 0.446. The van der Waals surface area contributed by atoms with E-state index in [0.717, 1.165) is 18.2 Å². The summed E-state index contributed by atoms with van der Waals surface area (Å²) in [4.78, 5) is 8.33. The maximum atomic E-state index is 4.36. The molecule has 0 amide bonds. The van der Waals surface area contributed by atoms with E-state index < -0.39 is 0 Å². The third-order valence-corrected chi connectivity index (χ3v) is 3.16. The van der Waals surface area contributed by atoms with Gasteiger partial charge >= 0.3 is 0 Å². The van der Waals surface area contributed by atoms with E-state index >= 15 is 0 Å². The highest BCUT2D eigenvalue weighted by Crippen LogP contribution is 2.36. The second-order valence-electron chi connectivity index (χ2n) is 4.26. The van der Waals surface area contributed by atoms with Crippen LogP contribution in [0.5, 0.6) is 0 Å². The maximum absolute atomic E-state index is 4.36. The summed E-state index contributed by atoms with van der Waals surface area (Å²) >= 11 is 0. The standard InChI is InChI=1S/C12H19N3/c1-2-7-14-12(10-4-3-5-10)11-6-8-13-9-15-11/h6,8-10,12,14H,2-5,7H2,1H3. The molecule has 1 atom stereocenters. The largest absolute Gasteiger partial charge is 0.308 e. The molecular formula is C12H19N3. The second-order valence-corrected chi connectivity index (χ2v) is 4.26. The maximum Gasteiger partial charge on any atom is 0.115 e. The van der Waals surface area contributed by atoms with E-state index in [1.54, 1.807) is 6.33 Å². The van der Waals surface area contributed by atoms with E-state index in [1.165, 1.54) is 25.7 Å². The Labute approximate surface area is 91.3 Å². The van der Waals surface area contributed by atoms with Gasteiger partial charge < -0.3 is 5.32 Å². The van der Waals surface area contributed by atoms with Gasteiger partial charge in [0, 0.05) is 6.20 Å². The van der Waals surface area contributed by atoms with Gasteiger partial charge in [0.15, 0.2) is 0 Å². The first-order chi connectivity index (χ1) is 7.42. The molecule has 1 N–H and O–H groups in total. The third kappa shape index (κ3) is 2.53. The highest BCUT2D eigenvalue weighted by molar-refractivity contribution is 5.07. The number of nitrogens with one attached hydrogen (secondary N) is 1. The zero-order chi connectivity index (χ0) is 10.5. The minimum Gasteiger partial charge on any atom is -0.308 e. The predicted molar refractivity (Wildman–Crippen MR) is 60.4 cm³/mol. The molecule has 15 heavy (non-hydrogen) atoms. The summed E-state index contributed by atoms with van der Waals surface area (Å²) < 4.78 is 0. The van der Waals surface area contributed by atoms with Crippen molar-refractivity contribution in [2.75, 3.05) is 6.54 Å². The number of nitrogens with zero attached hydrogens (tertiary/aromatic N) is 2. The van der Waals surface area contributed by atoms with Gasteiger partial charge in [-0.1, -0.05) is 13.3 Å². The fourth-order valence-electron chi connectivity index (χ4n) is 2.07. The first kappa shape index (κ1) is 10.6. The van der Waals surface area contributed by atoms with Crippen molar-refractivity contribution in [3.63, 3.8) is 0 Å². The van der Waals surface area contributed by atoms with E-state index in [2.05, 4.69) is 22.2 Å². The second kappa shape index (κ2) is 5.21. The van der Waals surface area contributed by atoms with E-state index in [1.807, 2.05) is 12.3 Å². The molecule has 0 aromatic carbocycles. The quantitative estimate of drug-likeness (QED) is 0.801. The van der Waals surface area contributed by atoms with E-state index in [4.69, 9.17) is 0 Å². The van der Waals surface area contributed by atoms with Gasteiger partial charge in [0.1, 0.15) is 6.33 Å². The predicted octanol–water partition coefficient (Wildman–Crippen LogP) is 2.32.